The van der Waals surface area contributed by atoms with E-state index < -0.39 is 11.7 Å². The molecule has 5 nitrogen and oxygen atoms in total. The number of nitrogens with one attached hydrogen (secondary N) is 2. The Kier molecular flexibility index (Phi) is 11.5. The Morgan fingerprint density at radius 3 is 2.19 bits per heavy atom. The number of hydrogen-bond donors (Lipinski definition) is 2. The average molecular weight is 562 g/mol. The third-order valence-electron chi connectivity index (χ3n) is 4.73. The number of halogens is 4. The van der Waals surface area contributed by atoms with Gasteiger partial charge in [-0.05, 0) is 56.2 Å². The Balaban J connectivity index is 0.00000512. The van der Waals surface area contributed by atoms with Gasteiger partial charge in [0.15, 0.2) is 5.96 Å². The molecule has 9 heteroatoms. The van der Waals surface area contributed by atoms with Crippen LogP contribution < -0.4 is 10.6 Å². The molecule has 2 aromatic carbocycles. The topological polar surface area (TPSA) is 56.7 Å². The van der Waals surface area contributed by atoms with Gasteiger partial charge in [-0.3, -0.25) is 4.79 Å². The Labute approximate surface area is 204 Å². The number of nitrogens with zero attached hydrogens (tertiary/aromatic N) is 2. The van der Waals surface area contributed by atoms with Crippen LogP contribution in [0.2, 0.25) is 0 Å². The smallest absolute Gasteiger partial charge is 0.357 e. The zero-order valence-corrected chi connectivity index (χ0v) is 20.8. The van der Waals surface area contributed by atoms with E-state index in [1.54, 1.807) is 23.1 Å². The highest BCUT2D eigenvalue weighted by atomic mass is 127. The highest BCUT2D eigenvalue weighted by molar-refractivity contribution is 14.0. The van der Waals surface area contributed by atoms with Crippen molar-refractivity contribution in [1.82, 2.24) is 15.5 Å². The summed E-state index contributed by atoms with van der Waals surface area (Å²) in [5.41, 5.74) is 1.39. The number of carbonyl (C=O) groups is 1. The lowest BCUT2D eigenvalue weighted by atomic mass is 10.1. The third-order valence-corrected chi connectivity index (χ3v) is 4.73. The van der Waals surface area contributed by atoms with Crippen LogP contribution in [-0.2, 0) is 19.3 Å². The molecule has 0 heterocycles. The van der Waals surface area contributed by atoms with Gasteiger partial charge in [-0.25, -0.2) is 4.99 Å². The zero-order valence-electron chi connectivity index (χ0n) is 18.5. The third kappa shape index (κ3) is 8.33. The van der Waals surface area contributed by atoms with Crippen LogP contribution in [0.1, 0.15) is 47.8 Å². The van der Waals surface area contributed by atoms with Gasteiger partial charge in [-0.1, -0.05) is 24.3 Å². The maximum absolute atomic E-state index is 12.9. The predicted molar refractivity (Wildman–Crippen MR) is 132 cm³/mol. The first-order valence-corrected chi connectivity index (χ1v) is 10.3. The minimum Gasteiger partial charge on any atom is -0.357 e. The summed E-state index contributed by atoms with van der Waals surface area (Å²) in [6.07, 6.45) is -4.37. The maximum atomic E-state index is 12.9. The van der Waals surface area contributed by atoms with Gasteiger partial charge >= 0.3 is 6.18 Å². The van der Waals surface area contributed by atoms with Gasteiger partial charge in [0.05, 0.1) is 12.1 Å². The fraction of sp³-hybridized carbons (Fsp3) is 0.391. The fourth-order valence-electron chi connectivity index (χ4n) is 3.00. The van der Waals surface area contributed by atoms with E-state index in [0.717, 1.165) is 17.7 Å². The summed E-state index contributed by atoms with van der Waals surface area (Å²) >= 11 is 0. The Hall–Kier alpha value is -2.30. The average Bonchev–Trinajstić information content (AvgIpc) is 2.76. The molecule has 0 atom stereocenters. The van der Waals surface area contributed by atoms with Crippen molar-refractivity contribution < 1.29 is 18.0 Å². The molecular formula is C23H30F3IN4O. The summed E-state index contributed by atoms with van der Waals surface area (Å²) in [5, 5.41) is 6.25. The molecule has 0 saturated heterocycles. The van der Waals surface area contributed by atoms with Gasteiger partial charge in [-0.15, -0.1) is 24.0 Å². The van der Waals surface area contributed by atoms with Crippen molar-refractivity contribution >= 4 is 35.8 Å². The molecule has 0 aliphatic carbocycles. The monoisotopic (exact) mass is 562 g/mol. The molecule has 2 N–H and O–H groups in total. The lowest BCUT2D eigenvalue weighted by molar-refractivity contribution is -0.137. The molecule has 0 spiro atoms. The minimum atomic E-state index is -4.37. The van der Waals surface area contributed by atoms with Gasteiger partial charge in [-0.2, -0.15) is 13.2 Å². The van der Waals surface area contributed by atoms with E-state index >= 15 is 0 Å². The highest BCUT2D eigenvalue weighted by Gasteiger charge is 2.30. The SMILES string of the molecule is CCNC(=NCc1cccc(C(F)(F)F)c1)NCc1ccc(C(=O)N(CC)CC)cc1.I. The van der Waals surface area contributed by atoms with Crippen molar-refractivity contribution in [2.45, 2.75) is 40.0 Å². The van der Waals surface area contributed by atoms with Crippen LogP contribution in [0.25, 0.3) is 0 Å². The van der Waals surface area contributed by atoms with Crippen molar-refractivity contribution in [3.05, 3.63) is 70.8 Å². The molecule has 0 saturated carbocycles. The Morgan fingerprint density at radius 1 is 0.969 bits per heavy atom. The van der Waals surface area contributed by atoms with E-state index in [4.69, 9.17) is 0 Å². The summed E-state index contributed by atoms with van der Waals surface area (Å²) in [6, 6.07) is 12.5. The number of alkyl halides is 3. The number of hydrogen-bond acceptors (Lipinski definition) is 2. The number of carbonyl (C=O) groups excluding carboxylic acids is 1. The summed E-state index contributed by atoms with van der Waals surface area (Å²) in [7, 11) is 0. The number of guanidine groups is 1. The molecule has 32 heavy (non-hydrogen) atoms. The molecule has 0 radical (unpaired) electrons. The van der Waals surface area contributed by atoms with Crippen molar-refractivity contribution in [1.29, 1.82) is 0 Å². The number of rotatable bonds is 8. The van der Waals surface area contributed by atoms with E-state index in [9.17, 15) is 18.0 Å². The second-order valence-corrected chi connectivity index (χ2v) is 6.92. The van der Waals surface area contributed by atoms with E-state index in [0.29, 0.717) is 43.3 Å². The molecule has 2 aromatic rings. The second-order valence-electron chi connectivity index (χ2n) is 6.92. The molecule has 176 valence electrons. The van der Waals surface area contributed by atoms with Crippen molar-refractivity contribution in [3.8, 4) is 0 Å². The molecule has 0 aromatic heterocycles. The van der Waals surface area contributed by atoms with Gasteiger partial charge in [0, 0.05) is 31.7 Å². The van der Waals surface area contributed by atoms with Crippen molar-refractivity contribution in [2.75, 3.05) is 19.6 Å². The van der Waals surface area contributed by atoms with Crippen molar-refractivity contribution in [2.24, 2.45) is 4.99 Å². The van der Waals surface area contributed by atoms with Crippen LogP contribution >= 0.6 is 24.0 Å². The van der Waals surface area contributed by atoms with E-state index in [2.05, 4.69) is 15.6 Å². The fourth-order valence-corrected chi connectivity index (χ4v) is 3.00. The molecule has 0 aliphatic heterocycles. The van der Waals surface area contributed by atoms with E-state index in [1.807, 2.05) is 32.9 Å². The predicted octanol–water partition coefficient (Wildman–Crippen LogP) is 5.06. The molecule has 1 amide bonds. The molecule has 0 aliphatic rings. The standard InChI is InChI=1S/C23H29F3N4O.HI/c1-4-27-22(29-16-18-8-7-9-20(14-18)23(24,25)26)28-15-17-10-12-19(13-11-17)21(31)30(5-2)6-3;/h7-14H,4-6,15-16H2,1-3H3,(H2,27,28,29);1H. The lowest BCUT2D eigenvalue weighted by Gasteiger charge is -2.18. The van der Waals surface area contributed by atoms with Gasteiger partial charge in [0.2, 0.25) is 0 Å². The molecule has 0 fully saturated rings. The van der Waals surface area contributed by atoms with Gasteiger partial charge in [0.1, 0.15) is 0 Å². The van der Waals surface area contributed by atoms with Crippen LogP contribution in [0.5, 0.6) is 0 Å². The van der Waals surface area contributed by atoms with Crippen LogP contribution in [0.3, 0.4) is 0 Å². The van der Waals surface area contributed by atoms with Crippen LogP contribution in [0.4, 0.5) is 13.2 Å². The first-order chi connectivity index (χ1) is 14.8. The summed E-state index contributed by atoms with van der Waals surface area (Å²) in [4.78, 5) is 18.5. The minimum absolute atomic E-state index is 0. The maximum Gasteiger partial charge on any atom is 0.416 e. The molecule has 2 rings (SSSR count). The second kappa shape index (κ2) is 13.3. The largest absolute Gasteiger partial charge is 0.416 e. The molecule has 0 unspecified atom stereocenters. The quantitative estimate of drug-likeness (QED) is 0.269. The van der Waals surface area contributed by atoms with Gasteiger partial charge < -0.3 is 15.5 Å². The normalized spacial score (nSPS) is 11.5. The number of amides is 1. The zero-order chi connectivity index (χ0) is 22.9. The first kappa shape index (κ1) is 27.7. The van der Waals surface area contributed by atoms with Crippen molar-refractivity contribution in [3.63, 3.8) is 0 Å². The highest BCUT2D eigenvalue weighted by Crippen LogP contribution is 2.29. The first-order valence-electron chi connectivity index (χ1n) is 10.3. The van der Waals surface area contributed by atoms with Crippen LogP contribution in [0, 0.1) is 0 Å². The number of benzene rings is 2. The number of aliphatic imine (C=N–C) groups is 1. The van der Waals surface area contributed by atoms with Crippen LogP contribution in [-0.4, -0.2) is 36.4 Å². The Bertz CT molecular complexity index is 882. The summed E-state index contributed by atoms with van der Waals surface area (Å²) < 4.78 is 38.6. The Morgan fingerprint density at radius 2 is 1.62 bits per heavy atom. The summed E-state index contributed by atoms with van der Waals surface area (Å²) in [5.74, 6) is 0.503. The summed E-state index contributed by atoms with van der Waals surface area (Å²) in [6.45, 7) is 8.33. The van der Waals surface area contributed by atoms with Crippen LogP contribution in [0.15, 0.2) is 53.5 Å². The van der Waals surface area contributed by atoms with Gasteiger partial charge in [0.25, 0.3) is 5.91 Å². The van der Waals surface area contributed by atoms with E-state index in [1.165, 1.54) is 6.07 Å². The lowest BCUT2D eigenvalue weighted by Crippen LogP contribution is -2.36. The van der Waals surface area contributed by atoms with E-state index in [-0.39, 0.29) is 36.4 Å². The molecule has 0 bridgehead atoms. The molecular weight excluding hydrogens is 532 g/mol.